The summed E-state index contributed by atoms with van der Waals surface area (Å²) >= 11 is 0. The fraction of sp³-hybridized carbons (Fsp3) is 0.500. The third kappa shape index (κ3) is 3.90. The van der Waals surface area contributed by atoms with E-state index >= 15 is 0 Å². The van der Waals surface area contributed by atoms with Gasteiger partial charge in [0.05, 0.1) is 11.6 Å². The van der Waals surface area contributed by atoms with Crippen LogP contribution in [0.1, 0.15) is 38.3 Å². The standard InChI is InChI=1S/C22H26F3N7O2/c1-12-11-33-17-16(31(12)2)18(21(27)8-6-14(26)7-9-21)30-32-19(28-29-20(17)32)13-4-3-5-15(10-13)34-22(23,24)25/h3-5,10,12,14H,6-9,11,26-27H2,1-2H3/t12-,14?,21?/m0/s1. The van der Waals surface area contributed by atoms with Gasteiger partial charge in [-0.2, -0.15) is 9.61 Å². The van der Waals surface area contributed by atoms with Crippen LogP contribution in [0.15, 0.2) is 24.3 Å². The number of ether oxygens (including phenoxy) is 2. The van der Waals surface area contributed by atoms with Gasteiger partial charge in [0.1, 0.15) is 23.7 Å². The molecule has 0 bridgehead atoms. The fourth-order valence-corrected chi connectivity index (χ4v) is 4.61. The van der Waals surface area contributed by atoms with Gasteiger partial charge in [0, 0.05) is 18.7 Å². The first-order chi connectivity index (χ1) is 16.1. The van der Waals surface area contributed by atoms with E-state index in [0.717, 1.165) is 18.5 Å². The highest BCUT2D eigenvalue weighted by molar-refractivity contribution is 5.76. The van der Waals surface area contributed by atoms with Crippen molar-refractivity contribution < 1.29 is 22.6 Å². The third-order valence-electron chi connectivity index (χ3n) is 6.69. The van der Waals surface area contributed by atoms with Gasteiger partial charge in [-0.1, -0.05) is 12.1 Å². The highest BCUT2D eigenvalue weighted by atomic mass is 19.4. The van der Waals surface area contributed by atoms with Gasteiger partial charge in [0.25, 0.3) is 0 Å². The molecule has 34 heavy (non-hydrogen) atoms. The molecule has 1 fully saturated rings. The number of likely N-dealkylation sites (N-methyl/N-ethyl adjacent to an activating group) is 1. The molecule has 4 N–H and O–H groups in total. The van der Waals surface area contributed by atoms with Crippen LogP contribution in [0.2, 0.25) is 0 Å². The third-order valence-corrected chi connectivity index (χ3v) is 6.69. The minimum Gasteiger partial charge on any atom is -0.485 e. The van der Waals surface area contributed by atoms with Crippen molar-refractivity contribution in [3.63, 3.8) is 0 Å². The minimum atomic E-state index is -4.81. The molecule has 3 aromatic rings. The van der Waals surface area contributed by atoms with E-state index < -0.39 is 11.9 Å². The molecule has 1 aliphatic heterocycles. The van der Waals surface area contributed by atoms with Gasteiger partial charge in [-0.3, -0.25) is 0 Å². The van der Waals surface area contributed by atoms with Crippen molar-refractivity contribution in [3.05, 3.63) is 30.0 Å². The molecular formula is C22H26F3N7O2. The molecule has 3 heterocycles. The molecule has 2 aromatic heterocycles. The van der Waals surface area contributed by atoms with Crippen molar-refractivity contribution in [2.24, 2.45) is 11.5 Å². The Morgan fingerprint density at radius 3 is 2.65 bits per heavy atom. The Morgan fingerprint density at radius 1 is 1.21 bits per heavy atom. The maximum Gasteiger partial charge on any atom is 0.573 e. The maximum atomic E-state index is 12.7. The number of halogens is 3. The number of nitrogens with two attached hydrogens (primary N) is 2. The van der Waals surface area contributed by atoms with Gasteiger partial charge in [-0.15, -0.1) is 23.4 Å². The topological polar surface area (TPSA) is 117 Å². The quantitative estimate of drug-likeness (QED) is 0.592. The number of anilines is 1. The highest BCUT2D eigenvalue weighted by Gasteiger charge is 2.41. The first-order valence-electron chi connectivity index (χ1n) is 11.1. The SMILES string of the molecule is C[C@H]1COc2c(c(C3(N)CCC(N)CC3)nn3c(-c4cccc(OC(F)(F)F)c4)nnc23)N1C. The predicted octanol–water partition coefficient (Wildman–Crippen LogP) is 2.96. The van der Waals surface area contributed by atoms with Crippen molar-refractivity contribution >= 4 is 11.3 Å². The molecule has 0 unspecified atom stereocenters. The predicted molar refractivity (Wildman–Crippen MR) is 119 cm³/mol. The summed E-state index contributed by atoms with van der Waals surface area (Å²) in [6, 6.07) is 5.72. The number of alkyl halides is 3. The highest BCUT2D eigenvalue weighted by Crippen LogP contribution is 2.46. The molecule has 9 nitrogen and oxygen atoms in total. The van der Waals surface area contributed by atoms with E-state index in [-0.39, 0.29) is 23.7 Å². The van der Waals surface area contributed by atoms with Crippen LogP contribution in [0.3, 0.4) is 0 Å². The average Bonchev–Trinajstić information content (AvgIpc) is 3.21. The summed E-state index contributed by atoms with van der Waals surface area (Å²) in [7, 11) is 1.96. The molecule has 1 aliphatic carbocycles. The zero-order valence-electron chi connectivity index (χ0n) is 18.8. The Bertz CT molecular complexity index is 1220. The zero-order valence-corrected chi connectivity index (χ0v) is 18.8. The van der Waals surface area contributed by atoms with E-state index in [1.165, 1.54) is 22.7 Å². The number of hydrogen-bond donors (Lipinski definition) is 2. The zero-order chi connectivity index (χ0) is 24.3. The number of hydrogen-bond acceptors (Lipinski definition) is 8. The van der Waals surface area contributed by atoms with Crippen LogP contribution < -0.4 is 25.8 Å². The van der Waals surface area contributed by atoms with Gasteiger partial charge < -0.3 is 25.8 Å². The summed E-state index contributed by atoms with van der Waals surface area (Å²) < 4.78 is 49.9. The minimum absolute atomic E-state index is 0.0866. The second kappa shape index (κ2) is 7.98. The van der Waals surface area contributed by atoms with Gasteiger partial charge in [-0.05, 0) is 44.7 Å². The van der Waals surface area contributed by atoms with Crippen molar-refractivity contribution in [2.45, 2.75) is 56.6 Å². The van der Waals surface area contributed by atoms with Crippen LogP contribution in [-0.4, -0.2) is 51.9 Å². The molecule has 5 rings (SSSR count). The molecule has 0 saturated heterocycles. The lowest BCUT2D eigenvalue weighted by Gasteiger charge is -2.41. The number of aromatic nitrogens is 4. The van der Waals surface area contributed by atoms with Crippen molar-refractivity contribution in [2.75, 3.05) is 18.6 Å². The molecule has 1 aromatic carbocycles. The lowest BCUT2D eigenvalue weighted by molar-refractivity contribution is -0.274. The average molecular weight is 477 g/mol. The van der Waals surface area contributed by atoms with E-state index in [0.29, 0.717) is 42.1 Å². The number of benzene rings is 1. The van der Waals surface area contributed by atoms with Crippen molar-refractivity contribution in [3.8, 4) is 22.9 Å². The molecule has 1 atom stereocenters. The van der Waals surface area contributed by atoms with Crippen LogP contribution in [0.4, 0.5) is 18.9 Å². The Morgan fingerprint density at radius 2 is 1.94 bits per heavy atom. The lowest BCUT2D eigenvalue weighted by atomic mass is 9.77. The Balaban J connectivity index is 1.69. The summed E-state index contributed by atoms with van der Waals surface area (Å²) in [6.45, 7) is 2.47. The number of nitrogens with zero attached hydrogens (tertiary/aromatic N) is 5. The monoisotopic (exact) mass is 477 g/mol. The largest absolute Gasteiger partial charge is 0.573 e. The smallest absolute Gasteiger partial charge is 0.485 e. The fourth-order valence-electron chi connectivity index (χ4n) is 4.61. The molecule has 12 heteroatoms. The maximum absolute atomic E-state index is 12.7. The van der Waals surface area contributed by atoms with Crippen LogP contribution >= 0.6 is 0 Å². The number of rotatable bonds is 3. The normalized spacial score (nSPS) is 25.2. The number of fused-ring (bicyclic) bond motifs is 3. The van der Waals surface area contributed by atoms with Crippen molar-refractivity contribution in [1.29, 1.82) is 0 Å². The molecule has 182 valence electrons. The molecule has 1 saturated carbocycles. The Kier molecular flexibility index (Phi) is 5.32. The summed E-state index contributed by atoms with van der Waals surface area (Å²) in [5.41, 5.74) is 14.4. The first kappa shape index (κ1) is 22.7. The lowest BCUT2D eigenvalue weighted by Crippen LogP contribution is -2.47. The van der Waals surface area contributed by atoms with Crippen LogP contribution in [0, 0.1) is 0 Å². The second-order valence-corrected chi connectivity index (χ2v) is 9.13. The van der Waals surface area contributed by atoms with E-state index in [1.807, 2.05) is 14.0 Å². The van der Waals surface area contributed by atoms with Gasteiger partial charge >= 0.3 is 6.36 Å². The summed E-state index contributed by atoms with van der Waals surface area (Å²) in [5.74, 6) is 0.403. The summed E-state index contributed by atoms with van der Waals surface area (Å²) in [4.78, 5) is 2.08. The molecule has 0 amide bonds. The van der Waals surface area contributed by atoms with Gasteiger partial charge in [0.2, 0.25) is 5.65 Å². The van der Waals surface area contributed by atoms with E-state index in [4.69, 9.17) is 21.3 Å². The van der Waals surface area contributed by atoms with Crippen LogP contribution in [0.5, 0.6) is 11.5 Å². The Labute approximate surface area is 193 Å². The molecule has 2 aliphatic rings. The molecular weight excluding hydrogens is 451 g/mol. The summed E-state index contributed by atoms with van der Waals surface area (Å²) in [5, 5.41) is 13.4. The van der Waals surface area contributed by atoms with E-state index in [2.05, 4.69) is 19.8 Å². The van der Waals surface area contributed by atoms with E-state index in [9.17, 15) is 13.2 Å². The first-order valence-corrected chi connectivity index (χ1v) is 11.1. The Hall–Kier alpha value is -3.12. The van der Waals surface area contributed by atoms with Crippen LogP contribution in [0.25, 0.3) is 17.0 Å². The van der Waals surface area contributed by atoms with Crippen LogP contribution in [-0.2, 0) is 5.54 Å². The van der Waals surface area contributed by atoms with Gasteiger partial charge in [-0.25, -0.2) is 0 Å². The van der Waals surface area contributed by atoms with E-state index in [1.54, 1.807) is 6.07 Å². The molecule has 0 radical (unpaired) electrons. The van der Waals surface area contributed by atoms with Crippen molar-refractivity contribution in [1.82, 2.24) is 19.8 Å². The molecule has 0 spiro atoms. The van der Waals surface area contributed by atoms with Gasteiger partial charge in [0.15, 0.2) is 11.6 Å². The second-order valence-electron chi connectivity index (χ2n) is 9.13. The summed E-state index contributed by atoms with van der Waals surface area (Å²) in [6.07, 6.45) is -1.99.